The Morgan fingerprint density at radius 3 is 2.53 bits per heavy atom. The van der Waals surface area contributed by atoms with E-state index in [0.717, 1.165) is 21.9 Å². The first-order valence-electron chi connectivity index (χ1n) is 5.26. The van der Waals surface area contributed by atoms with Crippen molar-refractivity contribution in [1.29, 1.82) is 0 Å². The van der Waals surface area contributed by atoms with Gasteiger partial charge in [0.05, 0.1) is 12.8 Å². The molecule has 0 amide bonds. The Balaban J connectivity index is 2.29. The zero-order chi connectivity index (χ0) is 12.1. The highest BCUT2D eigenvalue weighted by molar-refractivity contribution is 7.80. The van der Waals surface area contributed by atoms with Crippen molar-refractivity contribution in [3.63, 3.8) is 0 Å². The van der Waals surface area contributed by atoms with E-state index in [4.69, 9.17) is 4.74 Å². The summed E-state index contributed by atoms with van der Waals surface area (Å²) in [7, 11) is 1.65. The lowest BCUT2D eigenvalue weighted by atomic mass is 10.2. The second-order valence-corrected chi connectivity index (χ2v) is 3.97. The van der Waals surface area contributed by atoms with E-state index >= 15 is 0 Å². The summed E-state index contributed by atoms with van der Waals surface area (Å²) in [6.45, 7) is 0. The van der Waals surface area contributed by atoms with Gasteiger partial charge in [-0.15, -0.1) is 12.6 Å². The molecule has 0 aliphatic heterocycles. The minimum Gasteiger partial charge on any atom is -0.496 e. The molecule has 86 valence electrons. The van der Waals surface area contributed by atoms with Gasteiger partial charge in [0.15, 0.2) is 0 Å². The molecule has 0 aliphatic carbocycles. The van der Waals surface area contributed by atoms with Crippen LogP contribution in [0.15, 0.2) is 58.4 Å². The minimum absolute atomic E-state index is 0.813. The number of aliphatic imine (C=N–C) groups is 1. The molecular formula is C14H13NOS. The molecule has 0 atom stereocenters. The van der Waals surface area contributed by atoms with Gasteiger partial charge in [0.1, 0.15) is 5.75 Å². The normalized spacial score (nSPS) is 10.7. The predicted molar refractivity (Wildman–Crippen MR) is 73.9 cm³/mol. The molecular weight excluding hydrogens is 230 g/mol. The van der Waals surface area contributed by atoms with Gasteiger partial charge in [-0.3, -0.25) is 4.99 Å². The van der Waals surface area contributed by atoms with Gasteiger partial charge in [0.2, 0.25) is 0 Å². The van der Waals surface area contributed by atoms with Gasteiger partial charge in [0, 0.05) is 16.7 Å². The molecule has 0 spiro atoms. The van der Waals surface area contributed by atoms with E-state index in [1.54, 1.807) is 13.3 Å². The Hall–Kier alpha value is -1.74. The molecule has 2 nitrogen and oxygen atoms in total. The van der Waals surface area contributed by atoms with Gasteiger partial charge >= 0.3 is 0 Å². The van der Waals surface area contributed by atoms with Crippen LogP contribution in [0.3, 0.4) is 0 Å². The lowest BCUT2D eigenvalue weighted by molar-refractivity contribution is 0.414. The zero-order valence-electron chi connectivity index (χ0n) is 9.50. The smallest absolute Gasteiger partial charge is 0.127 e. The highest BCUT2D eigenvalue weighted by Crippen LogP contribution is 2.23. The summed E-state index contributed by atoms with van der Waals surface area (Å²) in [4.78, 5) is 5.26. The summed E-state index contributed by atoms with van der Waals surface area (Å²) in [5, 5.41) is 0. The maximum absolute atomic E-state index is 5.25. The topological polar surface area (TPSA) is 21.6 Å². The molecule has 0 fully saturated rings. The van der Waals surface area contributed by atoms with Crippen LogP contribution in [0.2, 0.25) is 0 Å². The first-order valence-corrected chi connectivity index (χ1v) is 5.71. The molecule has 0 aliphatic rings. The van der Waals surface area contributed by atoms with Crippen molar-refractivity contribution in [2.45, 2.75) is 4.90 Å². The lowest BCUT2D eigenvalue weighted by Gasteiger charge is -2.03. The van der Waals surface area contributed by atoms with Gasteiger partial charge in [-0.25, -0.2) is 0 Å². The SMILES string of the molecule is COc1ccccc1C=Nc1ccccc1S. The molecule has 0 N–H and O–H groups in total. The van der Waals surface area contributed by atoms with Crippen molar-refractivity contribution < 1.29 is 4.74 Å². The molecule has 0 saturated carbocycles. The fraction of sp³-hybridized carbons (Fsp3) is 0.0714. The fourth-order valence-corrected chi connectivity index (χ4v) is 1.70. The first-order chi connectivity index (χ1) is 8.31. The number of hydrogen-bond acceptors (Lipinski definition) is 3. The lowest BCUT2D eigenvalue weighted by Crippen LogP contribution is -1.89. The Labute approximate surface area is 106 Å². The minimum atomic E-state index is 0.813. The highest BCUT2D eigenvalue weighted by atomic mass is 32.1. The molecule has 0 unspecified atom stereocenters. The Morgan fingerprint density at radius 1 is 1.06 bits per heavy atom. The molecule has 0 radical (unpaired) electrons. The molecule has 3 heteroatoms. The second-order valence-electron chi connectivity index (χ2n) is 3.49. The monoisotopic (exact) mass is 243 g/mol. The number of rotatable bonds is 3. The second kappa shape index (κ2) is 5.55. The number of thiol groups is 1. The average Bonchev–Trinajstić information content (AvgIpc) is 2.38. The number of methoxy groups -OCH3 is 1. The summed E-state index contributed by atoms with van der Waals surface area (Å²) in [6.07, 6.45) is 1.79. The van der Waals surface area contributed by atoms with E-state index in [-0.39, 0.29) is 0 Å². The van der Waals surface area contributed by atoms with Crippen LogP contribution in [0.1, 0.15) is 5.56 Å². The van der Waals surface area contributed by atoms with E-state index in [0.29, 0.717) is 0 Å². The van der Waals surface area contributed by atoms with Crippen LogP contribution in [0.5, 0.6) is 5.75 Å². The third-order valence-corrected chi connectivity index (χ3v) is 2.74. The maximum Gasteiger partial charge on any atom is 0.127 e. The van der Waals surface area contributed by atoms with E-state index in [9.17, 15) is 0 Å². The third-order valence-electron chi connectivity index (χ3n) is 2.36. The first kappa shape index (κ1) is 11.7. The Kier molecular flexibility index (Phi) is 3.83. The largest absolute Gasteiger partial charge is 0.496 e. The van der Waals surface area contributed by atoms with Gasteiger partial charge in [-0.2, -0.15) is 0 Å². The van der Waals surface area contributed by atoms with Crippen molar-refractivity contribution in [3.8, 4) is 5.75 Å². The number of benzene rings is 2. The van der Waals surface area contributed by atoms with Crippen molar-refractivity contribution in [2.24, 2.45) is 4.99 Å². The van der Waals surface area contributed by atoms with Crippen LogP contribution in [0.4, 0.5) is 5.69 Å². The molecule has 0 heterocycles. The maximum atomic E-state index is 5.25. The molecule has 0 aromatic heterocycles. The van der Waals surface area contributed by atoms with Crippen LogP contribution in [-0.4, -0.2) is 13.3 Å². The third kappa shape index (κ3) is 2.88. The molecule has 2 aromatic rings. The summed E-state index contributed by atoms with van der Waals surface area (Å²) in [5.74, 6) is 0.813. The molecule has 17 heavy (non-hydrogen) atoms. The van der Waals surface area contributed by atoms with Crippen LogP contribution in [0, 0.1) is 0 Å². The van der Waals surface area contributed by atoms with Crippen LogP contribution in [-0.2, 0) is 0 Å². The highest BCUT2D eigenvalue weighted by Gasteiger charge is 1.98. The van der Waals surface area contributed by atoms with E-state index < -0.39 is 0 Å². The number of para-hydroxylation sites is 2. The number of hydrogen-bond donors (Lipinski definition) is 1. The van der Waals surface area contributed by atoms with Crippen molar-refractivity contribution >= 4 is 24.5 Å². The molecule has 0 saturated heterocycles. The van der Waals surface area contributed by atoms with Gasteiger partial charge in [-0.1, -0.05) is 24.3 Å². The van der Waals surface area contributed by atoms with E-state index in [2.05, 4.69) is 17.6 Å². The standard InChI is InChI=1S/C14H13NOS/c1-16-13-8-4-2-6-11(13)10-15-12-7-3-5-9-14(12)17/h2-10,17H,1H3. The summed E-state index contributed by atoms with van der Waals surface area (Å²) in [6, 6.07) is 15.5. The van der Waals surface area contributed by atoms with Crippen molar-refractivity contribution in [1.82, 2.24) is 0 Å². The summed E-state index contributed by atoms with van der Waals surface area (Å²) >= 11 is 4.35. The van der Waals surface area contributed by atoms with Crippen molar-refractivity contribution in [3.05, 3.63) is 54.1 Å². The predicted octanol–water partition coefficient (Wildman–Crippen LogP) is 3.73. The molecule has 2 rings (SSSR count). The fourth-order valence-electron chi connectivity index (χ4n) is 1.49. The average molecular weight is 243 g/mol. The van der Waals surface area contributed by atoms with Gasteiger partial charge in [-0.05, 0) is 24.3 Å². The van der Waals surface area contributed by atoms with Gasteiger partial charge in [0.25, 0.3) is 0 Å². The molecule has 2 aromatic carbocycles. The van der Waals surface area contributed by atoms with E-state index in [1.807, 2.05) is 48.5 Å². The Bertz CT molecular complexity index is 537. The zero-order valence-corrected chi connectivity index (χ0v) is 10.4. The quantitative estimate of drug-likeness (QED) is 0.643. The number of ether oxygens (including phenoxy) is 1. The summed E-state index contributed by atoms with van der Waals surface area (Å²) in [5.41, 5.74) is 1.80. The van der Waals surface area contributed by atoms with Crippen LogP contribution >= 0.6 is 12.6 Å². The van der Waals surface area contributed by atoms with Crippen LogP contribution < -0.4 is 4.74 Å². The van der Waals surface area contributed by atoms with Crippen LogP contribution in [0.25, 0.3) is 0 Å². The number of nitrogens with zero attached hydrogens (tertiary/aromatic N) is 1. The molecule has 0 bridgehead atoms. The van der Waals surface area contributed by atoms with Gasteiger partial charge < -0.3 is 4.74 Å². The Morgan fingerprint density at radius 2 is 1.76 bits per heavy atom. The van der Waals surface area contributed by atoms with Crippen molar-refractivity contribution in [2.75, 3.05) is 7.11 Å². The van der Waals surface area contributed by atoms with E-state index in [1.165, 1.54) is 0 Å². The summed E-state index contributed by atoms with van der Waals surface area (Å²) < 4.78 is 5.25.